The van der Waals surface area contributed by atoms with Crippen molar-refractivity contribution in [2.24, 2.45) is 4.99 Å². The number of hydrogen-bond donors (Lipinski definition) is 3. The molecular weight excluding hydrogens is 474 g/mol. The predicted octanol–water partition coefficient (Wildman–Crippen LogP) is 3.43. The van der Waals surface area contributed by atoms with Crippen LogP contribution in [0.2, 0.25) is 0 Å². The molecule has 2 heterocycles. The minimum absolute atomic E-state index is 0. The molecule has 7 nitrogen and oxygen atoms in total. The summed E-state index contributed by atoms with van der Waals surface area (Å²) in [4.78, 5) is 8.89. The summed E-state index contributed by atoms with van der Waals surface area (Å²) >= 11 is 0. The summed E-state index contributed by atoms with van der Waals surface area (Å²) in [6.07, 6.45) is 2.36. The van der Waals surface area contributed by atoms with E-state index in [1.165, 1.54) is 6.07 Å². The summed E-state index contributed by atoms with van der Waals surface area (Å²) in [5, 5.41) is 13.5. The number of furan rings is 1. The Morgan fingerprint density at radius 2 is 2.14 bits per heavy atom. The number of aromatic nitrogens is 3. The lowest BCUT2D eigenvalue weighted by atomic mass is 10.1. The van der Waals surface area contributed by atoms with E-state index in [-0.39, 0.29) is 29.8 Å². The molecule has 0 atom stereocenters. The highest BCUT2D eigenvalue weighted by molar-refractivity contribution is 14.0. The van der Waals surface area contributed by atoms with Gasteiger partial charge in [-0.15, -0.1) is 29.1 Å². The highest BCUT2D eigenvalue weighted by Gasteiger charge is 2.08. The zero-order chi connectivity index (χ0) is 19.1. The zero-order valence-corrected chi connectivity index (χ0v) is 18.2. The average Bonchev–Trinajstić information content (AvgIpc) is 3.33. The number of nitrogens with one attached hydrogen (secondary N) is 3. The number of guanidine groups is 1. The standard InChI is InChI=1S/C19H23FN6O.HI/c1-3-21-19(22-9-8-14-6-7-15(20)11-13(14)2)23-12-17-24-18(26-25-17)16-5-4-10-27-16;/h4-7,10-11H,3,8-9,12H2,1-2H3,(H2,21,22,23)(H,24,25,26);1H. The monoisotopic (exact) mass is 498 g/mol. The highest BCUT2D eigenvalue weighted by Crippen LogP contribution is 2.14. The second-order valence-electron chi connectivity index (χ2n) is 6.03. The van der Waals surface area contributed by atoms with Crippen LogP contribution in [0.4, 0.5) is 4.39 Å². The Morgan fingerprint density at radius 3 is 2.86 bits per heavy atom. The molecule has 0 radical (unpaired) electrons. The van der Waals surface area contributed by atoms with E-state index in [4.69, 9.17) is 4.42 Å². The van der Waals surface area contributed by atoms with Gasteiger partial charge in [0.05, 0.1) is 6.26 Å². The minimum Gasteiger partial charge on any atom is -0.461 e. The van der Waals surface area contributed by atoms with Crippen LogP contribution in [-0.2, 0) is 13.0 Å². The molecule has 28 heavy (non-hydrogen) atoms. The molecule has 0 saturated carbocycles. The van der Waals surface area contributed by atoms with Crippen molar-refractivity contribution in [1.29, 1.82) is 0 Å². The first-order valence-electron chi connectivity index (χ1n) is 8.88. The molecule has 2 aromatic heterocycles. The zero-order valence-electron chi connectivity index (χ0n) is 15.8. The maximum absolute atomic E-state index is 13.2. The van der Waals surface area contributed by atoms with Crippen molar-refractivity contribution in [3.63, 3.8) is 0 Å². The van der Waals surface area contributed by atoms with Crippen molar-refractivity contribution in [1.82, 2.24) is 25.8 Å². The molecule has 0 aliphatic heterocycles. The average molecular weight is 498 g/mol. The number of halogens is 2. The fraction of sp³-hybridized carbons (Fsp3) is 0.316. The van der Waals surface area contributed by atoms with E-state index < -0.39 is 0 Å². The Bertz CT molecular complexity index is 894. The quantitative estimate of drug-likeness (QED) is 0.264. The van der Waals surface area contributed by atoms with Crippen LogP contribution in [0.25, 0.3) is 11.6 Å². The number of aliphatic imine (C=N–C) groups is 1. The second-order valence-corrected chi connectivity index (χ2v) is 6.03. The molecule has 3 rings (SSSR count). The first-order valence-corrected chi connectivity index (χ1v) is 8.88. The van der Waals surface area contributed by atoms with Gasteiger partial charge in [0, 0.05) is 13.1 Å². The molecule has 0 spiro atoms. The van der Waals surface area contributed by atoms with Gasteiger partial charge in [0.25, 0.3) is 0 Å². The van der Waals surface area contributed by atoms with Gasteiger partial charge in [0.1, 0.15) is 18.2 Å². The van der Waals surface area contributed by atoms with Crippen LogP contribution in [0.1, 0.15) is 23.9 Å². The molecule has 150 valence electrons. The molecule has 0 fully saturated rings. The van der Waals surface area contributed by atoms with Crippen molar-refractivity contribution in [3.05, 3.63) is 59.4 Å². The smallest absolute Gasteiger partial charge is 0.216 e. The van der Waals surface area contributed by atoms with Gasteiger partial charge in [-0.25, -0.2) is 14.4 Å². The van der Waals surface area contributed by atoms with Gasteiger partial charge >= 0.3 is 0 Å². The lowest BCUT2D eigenvalue weighted by Gasteiger charge is -2.12. The molecule has 3 N–H and O–H groups in total. The molecule has 0 bridgehead atoms. The maximum Gasteiger partial charge on any atom is 0.216 e. The third-order valence-corrected chi connectivity index (χ3v) is 4.00. The maximum atomic E-state index is 13.2. The van der Waals surface area contributed by atoms with Crippen LogP contribution in [0, 0.1) is 12.7 Å². The van der Waals surface area contributed by atoms with E-state index in [2.05, 4.69) is 30.8 Å². The summed E-state index contributed by atoms with van der Waals surface area (Å²) in [7, 11) is 0. The summed E-state index contributed by atoms with van der Waals surface area (Å²) in [6.45, 7) is 5.71. The van der Waals surface area contributed by atoms with Crippen LogP contribution in [0.3, 0.4) is 0 Å². The van der Waals surface area contributed by atoms with Crippen molar-refractivity contribution in [3.8, 4) is 11.6 Å². The molecule has 0 saturated heterocycles. The first-order chi connectivity index (χ1) is 13.2. The summed E-state index contributed by atoms with van der Waals surface area (Å²) in [5.41, 5.74) is 2.06. The van der Waals surface area contributed by atoms with Crippen LogP contribution in [-0.4, -0.2) is 34.2 Å². The number of hydrogen-bond acceptors (Lipinski definition) is 4. The Hall–Kier alpha value is -2.43. The number of nitrogens with zero attached hydrogens (tertiary/aromatic N) is 3. The number of aromatic amines is 1. The number of rotatable bonds is 7. The van der Waals surface area contributed by atoms with E-state index >= 15 is 0 Å². The largest absolute Gasteiger partial charge is 0.461 e. The van der Waals surface area contributed by atoms with Crippen LogP contribution in [0.5, 0.6) is 0 Å². The molecule has 0 unspecified atom stereocenters. The Morgan fingerprint density at radius 1 is 1.29 bits per heavy atom. The molecule has 3 aromatic rings. The van der Waals surface area contributed by atoms with Gasteiger partial charge in [-0.2, -0.15) is 0 Å². The second kappa shape index (κ2) is 10.8. The first kappa shape index (κ1) is 21.9. The molecule has 0 aliphatic carbocycles. The molecule has 0 amide bonds. The third kappa shape index (κ3) is 6.04. The van der Waals surface area contributed by atoms with Gasteiger partial charge in [-0.1, -0.05) is 6.07 Å². The fourth-order valence-electron chi connectivity index (χ4n) is 2.63. The molecule has 0 aliphatic rings. The summed E-state index contributed by atoms with van der Waals surface area (Å²) < 4.78 is 18.5. The Balaban J connectivity index is 0.00000280. The van der Waals surface area contributed by atoms with E-state index in [0.717, 1.165) is 24.1 Å². The Kier molecular flexibility index (Phi) is 8.42. The predicted molar refractivity (Wildman–Crippen MR) is 117 cm³/mol. The molecule has 1 aromatic carbocycles. The highest BCUT2D eigenvalue weighted by atomic mass is 127. The van der Waals surface area contributed by atoms with Gasteiger partial charge in [0.2, 0.25) is 5.82 Å². The van der Waals surface area contributed by atoms with E-state index in [0.29, 0.717) is 36.5 Å². The van der Waals surface area contributed by atoms with Crippen molar-refractivity contribution in [2.75, 3.05) is 13.1 Å². The van der Waals surface area contributed by atoms with Gasteiger partial charge < -0.3 is 15.1 Å². The molecule has 9 heteroatoms. The normalized spacial score (nSPS) is 11.2. The van der Waals surface area contributed by atoms with Crippen molar-refractivity contribution in [2.45, 2.75) is 26.8 Å². The van der Waals surface area contributed by atoms with E-state index in [9.17, 15) is 4.39 Å². The van der Waals surface area contributed by atoms with Crippen molar-refractivity contribution < 1.29 is 8.81 Å². The fourth-order valence-corrected chi connectivity index (χ4v) is 2.63. The van der Waals surface area contributed by atoms with Crippen LogP contribution >= 0.6 is 24.0 Å². The van der Waals surface area contributed by atoms with Gasteiger partial charge in [0.15, 0.2) is 11.7 Å². The van der Waals surface area contributed by atoms with Gasteiger partial charge in [-0.3, -0.25) is 5.10 Å². The number of aryl methyl sites for hydroxylation is 1. The minimum atomic E-state index is -0.208. The Labute approximate surface area is 180 Å². The lowest BCUT2D eigenvalue weighted by molar-refractivity contribution is 0.577. The third-order valence-electron chi connectivity index (χ3n) is 4.00. The summed E-state index contributed by atoms with van der Waals surface area (Å²) in [6, 6.07) is 8.46. The lowest BCUT2D eigenvalue weighted by Crippen LogP contribution is -2.38. The number of benzene rings is 1. The SMILES string of the molecule is CCNC(=NCc1nc(-c2ccco2)n[nH]1)NCCc1ccc(F)cc1C.I. The summed E-state index contributed by atoms with van der Waals surface area (Å²) in [5.74, 6) is 2.25. The topological polar surface area (TPSA) is 91.1 Å². The van der Waals surface area contributed by atoms with Crippen LogP contribution in [0.15, 0.2) is 46.0 Å². The van der Waals surface area contributed by atoms with E-state index in [1.807, 2.05) is 19.9 Å². The number of H-pyrrole nitrogens is 1. The van der Waals surface area contributed by atoms with Gasteiger partial charge in [-0.05, 0) is 55.7 Å². The van der Waals surface area contributed by atoms with E-state index in [1.54, 1.807) is 24.5 Å². The van der Waals surface area contributed by atoms with Crippen molar-refractivity contribution >= 4 is 29.9 Å². The van der Waals surface area contributed by atoms with Crippen LogP contribution < -0.4 is 10.6 Å². The molecular formula is C19H24FIN6O.